The molecule has 2 atom stereocenters. The van der Waals surface area contributed by atoms with E-state index in [4.69, 9.17) is 11.6 Å². The Hall–Kier alpha value is 0.380. The van der Waals surface area contributed by atoms with E-state index in [1.807, 2.05) is 6.92 Å². The Morgan fingerprint density at radius 2 is 2.30 bits per heavy atom. The van der Waals surface area contributed by atoms with Crippen molar-refractivity contribution in [1.29, 1.82) is 0 Å². The molecule has 0 radical (unpaired) electrons. The molecule has 20 heavy (non-hydrogen) atoms. The van der Waals surface area contributed by atoms with Crippen LogP contribution < -0.4 is 4.72 Å². The molecule has 7 heteroatoms. The van der Waals surface area contributed by atoms with Gasteiger partial charge in [-0.05, 0) is 47.7 Å². The molecule has 0 spiro atoms. The SMILES string of the molecule is Cc1sc(Br)cc1S(=O)(=O)NC1(CCl)CCCC(C)C1. The Morgan fingerprint density at radius 1 is 1.60 bits per heavy atom. The Balaban J connectivity index is 2.28. The molecule has 1 heterocycles. The molecule has 2 rings (SSSR count). The molecule has 1 aliphatic rings. The van der Waals surface area contributed by atoms with E-state index in [2.05, 4.69) is 27.6 Å². The number of alkyl halides is 1. The predicted octanol–water partition coefficient (Wildman–Crippen LogP) is 4.29. The average Bonchev–Trinajstić information content (AvgIpc) is 2.69. The summed E-state index contributed by atoms with van der Waals surface area (Å²) >= 11 is 10.9. The molecular weight excluding hydrogens is 382 g/mol. The summed E-state index contributed by atoms with van der Waals surface area (Å²) in [6.45, 7) is 3.97. The van der Waals surface area contributed by atoms with Gasteiger partial charge in [0.2, 0.25) is 10.0 Å². The van der Waals surface area contributed by atoms with Crippen LogP contribution in [0.5, 0.6) is 0 Å². The number of halogens is 2. The van der Waals surface area contributed by atoms with Gasteiger partial charge in [-0.2, -0.15) is 0 Å². The monoisotopic (exact) mass is 399 g/mol. The number of hydrogen-bond acceptors (Lipinski definition) is 3. The van der Waals surface area contributed by atoms with Crippen LogP contribution in [0.3, 0.4) is 0 Å². The van der Waals surface area contributed by atoms with Gasteiger partial charge in [0, 0.05) is 16.3 Å². The largest absolute Gasteiger partial charge is 0.242 e. The van der Waals surface area contributed by atoms with Crippen molar-refractivity contribution < 1.29 is 8.42 Å². The summed E-state index contributed by atoms with van der Waals surface area (Å²) in [5.74, 6) is 0.821. The maximum Gasteiger partial charge on any atom is 0.242 e. The van der Waals surface area contributed by atoms with Crippen molar-refractivity contribution in [3.63, 3.8) is 0 Å². The zero-order chi connectivity index (χ0) is 15.0. The molecule has 0 bridgehead atoms. The lowest BCUT2D eigenvalue weighted by Crippen LogP contribution is -2.52. The van der Waals surface area contributed by atoms with Crippen LogP contribution in [0.4, 0.5) is 0 Å². The molecular formula is C13H19BrClNO2S2. The van der Waals surface area contributed by atoms with Crippen LogP contribution in [0.15, 0.2) is 14.7 Å². The Labute approximate surface area is 138 Å². The molecule has 1 aromatic rings. The lowest BCUT2D eigenvalue weighted by atomic mass is 9.78. The van der Waals surface area contributed by atoms with E-state index in [-0.39, 0.29) is 0 Å². The number of rotatable bonds is 4. The minimum Gasteiger partial charge on any atom is -0.207 e. The van der Waals surface area contributed by atoms with Crippen LogP contribution in [0.1, 0.15) is 37.5 Å². The van der Waals surface area contributed by atoms with Gasteiger partial charge in [0.25, 0.3) is 0 Å². The quantitative estimate of drug-likeness (QED) is 0.767. The van der Waals surface area contributed by atoms with Crippen molar-refractivity contribution >= 4 is 48.9 Å². The van der Waals surface area contributed by atoms with Crippen LogP contribution in [0.2, 0.25) is 0 Å². The molecule has 1 aromatic heterocycles. The highest BCUT2D eigenvalue weighted by Crippen LogP contribution is 2.36. The zero-order valence-corrected chi connectivity index (χ0v) is 15.6. The second kappa shape index (κ2) is 6.24. The Kier molecular flexibility index (Phi) is 5.23. The van der Waals surface area contributed by atoms with Gasteiger partial charge in [0.1, 0.15) is 0 Å². The fraction of sp³-hybridized carbons (Fsp3) is 0.692. The molecule has 0 aromatic carbocycles. The minimum absolute atomic E-state index is 0.320. The molecule has 0 aliphatic heterocycles. The summed E-state index contributed by atoms with van der Waals surface area (Å²) in [6, 6.07) is 1.66. The van der Waals surface area contributed by atoms with Gasteiger partial charge in [0.05, 0.1) is 8.68 Å². The third kappa shape index (κ3) is 3.58. The molecule has 114 valence electrons. The zero-order valence-electron chi connectivity index (χ0n) is 11.6. The standard InChI is InChI=1S/C13H19BrClNO2S2/c1-9-4-3-5-13(7-9,8-15)16-20(17,18)11-6-12(14)19-10(11)2/h6,9,16H,3-5,7-8H2,1-2H3. The minimum atomic E-state index is -3.52. The highest BCUT2D eigenvalue weighted by Gasteiger charge is 2.38. The second-order valence-electron chi connectivity index (χ2n) is 5.69. The van der Waals surface area contributed by atoms with Gasteiger partial charge in [-0.1, -0.05) is 19.8 Å². The van der Waals surface area contributed by atoms with E-state index in [0.29, 0.717) is 16.7 Å². The fourth-order valence-corrected chi connectivity index (χ4v) is 7.18. The number of nitrogens with one attached hydrogen (secondary N) is 1. The van der Waals surface area contributed by atoms with Gasteiger partial charge in [0.15, 0.2) is 0 Å². The molecule has 2 unspecified atom stereocenters. The summed E-state index contributed by atoms with van der Waals surface area (Å²) in [7, 11) is -3.52. The number of sulfonamides is 1. The van der Waals surface area contributed by atoms with Crippen molar-refractivity contribution in [1.82, 2.24) is 4.72 Å². The summed E-state index contributed by atoms with van der Waals surface area (Å²) in [6.07, 6.45) is 3.77. The first-order valence-corrected chi connectivity index (χ1v) is 10.3. The van der Waals surface area contributed by atoms with Crippen molar-refractivity contribution in [2.24, 2.45) is 5.92 Å². The second-order valence-corrected chi connectivity index (χ2v) is 10.2. The van der Waals surface area contributed by atoms with Crippen LogP contribution in [0.25, 0.3) is 0 Å². The van der Waals surface area contributed by atoms with Crippen LogP contribution >= 0.6 is 38.9 Å². The van der Waals surface area contributed by atoms with E-state index in [0.717, 1.165) is 34.3 Å². The van der Waals surface area contributed by atoms with Gasteiger partial charge in [-0.15, -0.1) is 22.9 Å². The third-order valence-electron chi connectivity index (χ3n) is 3.83. The lowest BCUT2D eigenvalue weighted by molar-refractivity contribution is 0.239. The predicted molar refractivity (Wildman–Crippen MR) is 88.2 cm³/mol. The summed E-state index contributed by atoms with van der Waals surface area (Å²) in [5.41, 5.74) is -0.501. The first kappa shape index (κ1) is 16.7. The van der Waals surface area contributed by atoms with Crippen LogP contribution in [0, 0.1) is 12.8 Å². The van der Waals surface area contributed by atoms with Gasteiger partial charge in [-0.3, -0.25) is 0 Å². The van der Waals surface area contributed by atoms with Crippen molar-refractivity contribution in [2.45, 2.75) is 50.0 Å². The highest BCUT2D eigenvalue weighted by molar-refractivity contribution is 9.11. The Morgan fingerprint density at radius 3 is 2.80 bits per heavy atom. The maximum absolute atomic E-state index is 12.6. The van der Waals surface area contributed by atoms with Gasteiger partial charge in [-0.25, -0.2) is 13.1 Å². The van der Waals surface area contributed by atoms with Gasteiger partial charge >= 0.3 is 0 Å². The lowest BCUT2D eigenvalue weighted by Gasteiger charge is -2.39. The summed E-state index contributed by atoms with van der Waals surface area (Å²) in [4.78, 5) is 1.15. The van der Waals surface area contributed by atoms with E-state index in [1.54, 1.807) is 6.07 Å². The average molecular weight is 401 g/mol. The number of thiophene rings is 1. The van der Waals surface area contributed by atoms with E-state index >= 15 is 0 Å². The smallest absolute Gasteiger partial charge is 0.207 e. The maximum atomic E-state index is 12.6. The molecule has 3 nitrogen and oxygen atoms in total. The van der Waals surface area contributed by atoms with Crippen molar-refractivity contribution in [3.05, 3.63) is 14.7 Å². The molecule has 1 N–H and O–H groups in total. The third-order valence-corrected chi connectivity index (χ3v) is 7.73. The van der Waals surface area contributed by atoms with E-state index < -0.39 is 15.6 Å². The van der Waals surface area contributed by atoms with E-state index in [1.165, 1.54) is 11.3 Å². The first-order chi connectivity index (χ1) is 9.28. The van der Waals surface area contributed by atoms with Crippen molar-refractivity contribution in [3.8, 4) is 0 Å². The topological polar surface area (TPSA) is 46.2 Å². The van der Waals surface area contributed by atoms with Gasteiger partial charge < -0.3 is 0 Å². The number of aryl methyl sites for hydroxylation is 1. The number of hydrogen-bond donors (Lipinski definition) is 1. The van der Waals surface area contributed by atoms with Crippen LogP contribution in [-0.2, 0) is 10.0 Å². The summed E-state index contributed by atoms with van der Waals surface area (Å²) in [5, 5.41) is 0. The Bertz CT molecular complexity index is 587. The highest BCUT2D eigenvalue weighted by atomic mass is 79.9. The van der Waals surface area contributed by atoms with Crippen molar-refractivity contribution in [2.75, 3.05) is 5.88 Å². The first-order valence-electron chi connectivity index (χ1n) is 6.64. The van der Waals surface area contributed by atoms with Crippen LogP contribution in [-0.4, -0.2) is 19.8 Å². The normalized spacial score (nSPS) is 27.7. The molecule has 0 amide bonds. The molecule has 0 saturated heterocycles. The van der Waals surface area contributed by atoms with E-state index in [9.17, 15) is 8.42 Å². The molecule has 1 fully saturated rings. The molecule has 1 saturated carbocycles. The summed E-state index contributed by atoms with van der Waals surface area (Å²) < 4.78 is 29.0. The fourth-order valence-electron chi connectivity index (χ4n) is 2.94. The molecule has 1 aliphatic carbocycles.